The average molecular weight is 553 g/mol. The highest BCUT2D eigenvalue weighted by molar-refractivity contribution is 9.09. The fourth-order valence-corrected chi connectivity index (χ4v) is 9.46. The number of unbranched alkanes of at least 4 members (excludes halogenated alkanes) is 1. The summed E-state index contributed by atoms with van der Waals surface area (Å²) in [6, 6.07) is 8.56. The maximum Gasteiger partial charge on any atom is 0.244 e. The second kappa shape index (κ2) is 10.6. The van der Waals surface area contributed by atoms with Gasteiger partial charge in [-0.25, -0.2) is 0 Å². The number of halogens is 1. The Hall–Kier alpha value is -1.58. The van der Waals surface area contributed by atoms with Crippen molar-refractivity contribution >= 4 is 45.4 Å². The van der Waals surface area contributed by atoms with Crippen LogP contribution in [0.2, 0.25) is 0 Å². The number of amides is 3. The van der Waals surface area contributed by atoms with Gasteiger partial charge in [0.15, 0.2) is 0 Å². The number of carbonyl (C=O) groups excluding carboxylic acids is 3. The zero-order chi connectivity index (χ0) is 24.5. The van der Waals surface area contributed by atoms with Gasteiger partial charge >= 0.3 is 0 Å². The highest BCUT2D eigenvalue weighted by Gasteiger charge is 2.76. The molecule has 3 unspecified atom stereocenters. The predicted octanol–water partition coefficient (Wildman–Crippen LogP) is 2.45. The van der Waals surface area contributed by atoms with Gasteiger partial charge < -0.3 is 20.6 Å². The molecule has 0 aliphatic carbocycles. The van der Waals surface area contributed by atoms with E-state index in [0.717, 1.165) is 18.4 Å². The molecule has 3 N–H and O–H groups in total. The van der Waals surface area contributed by atoms with E-state index >= 15 is 0 Å². The lowest BCUT2D eigenvalue weighted by molar-refractivity contribution is -0.142. The van der Waals surface area contributed by atoms with E-state index < -0.39 is 28.7 Å². The molecule has 3 saturated heterocycles. The molecule has 3 heterocycles. The van der Waals surface area contributed by atoms with Crippen molar-refractivity contribution in [1.82, 2.24) is 15.5 Å². The van der Waals surface area contributed by atoms with Gasteiger partial charge in [-0.2, -0.15) is 0 Å². The summed E-state index contributed by atoms with van der Waals surface area (Å²) in [6.07, 6.45) is 3.01. The van der Waals surface area contributed by atoms with E-state index in [0.29, 0.717) is 25.9 Å². The molecule has 3 aliphatic heterocycles. The number of nitrogens with zero attached hydrogens (tertiary/aromatic N) is 1. The van der Waals surface area contributed by atoms with Crippen molar-refractivity contribution in [1.29, 1.82) is 0 Å². The first-order valence-corrected chi connectivity index (χ1v) is 14.0. The summed E-state index contributed by atoms with van der Waals surface area (Å²) < 4.78 is -0.677. The molecule has 7 nitrogen and oxygen atoms in total. The minimum Gasteiger partial charge on any atom is -0.394 e. The normalized spacial score (nSPS) is 32.5. The van der Waals surface area contributed by atoms with Crippen LogP contribution in [-0.2, 0) is 20.9 Å². The number of aliphatic hydroxyl groups excluding tert-OH is 1. The molecular formula is C25H34BrN3O4S. The van der Waals surface area contributed by atoms with Crippen LogP contribution in [0, 0.1) is 11.8 Å². The number of fused-ring (bicyclic) bond motifs is 1. The molecule has 3 amide bonds. The molecule has 9 heteroatoms. The third-order valence-corrected chi connectivity index (χ3v) is 10.7. The van der Waals surface area contributed by atoms with Crippen LogP contribution >= 0.6 is 27.7 Å². The third kappa shape index (κ3) is 4.28. The molecule has 2 bridgehead atoms. The first kappa shape index (κ1) is 25.5. The van der Waals surface area contributed by atoms with Crippen molar-refractivity contribution in [3.05, 3.63) is 35.9 Å². The highest BCUT2D eigenvalue weighted by Crippen LogP contribution is 2.68. The van der Waals surface area contributed by atoms with Gasteiger partial charge in [-0.3, -0.25) is 14.4 Å². The Morgan fingerprint density at radius 2 is 1.97 bits per heavy atom. The van der Waals surface area contributed by atoms with E-state index in [1.54, 1.807) is 16.7 Å². The molecule has 1 aromatic carbocycles. The quantitative estimate of drug-likeness (QED) is 0.306. The van der Waals surface area contributed by atoms with Gasteiger partial charge in [0.2, 0.25) is 17.7 Å². The van der Waals surface area contributed by atoms with Crippen LogP contribution in [0.1, 0.15) is 45.1 Å². The molecule has 7 atom stereocenters. The Kier molecular flexibility index (Phi) is 7.94. The number of hydrogen-bond acceptors (Lipinski definition) is 5. The monoisotopic (exact) mass is 551 g/mol. The summed E-state index contributed by atoms with van der Waals surface area (Å²) >= 11 is 5.40. The topological polar surface area (TPSA) is 98.7 Å². The molecule has 186 valence electrons. The first-order chi connectivity index (χ1) is 16.4. The minimum atomic E-state index is -0.694. The smallest absolute Gasteiger partial charge is 0.244 e. The van der Waals surface area contributed by atoms with E-state index in [9.17, 15) is 19.5 Å². The Morgan fingerprint density at radius 3 is 2.62 bits per heavy atom. The largest absolute Gasteiger partial charge is 0.394 e. The summed E-state index contributed by atoms with van der Waals surface area (Å²) in [5.74, 6) is -1.59. The van der Waals surface area contributed by atoms with Crippen molar-refractivity contribution in [2.75, 3.05) is 13.2 Å². The zero-order valence-corrected chi connectivity index (χ0v) is 22.1. The molecule has 3 fully saturated rings. The molecule has 0 saturated carbocycles. The maximum absolute atomic E-state index is 13.9. The molecule has 3 aliphatic rings. The summed E-state index contributed by atoms with van der Waals surface area (Å²) in [5, 5.41) is 16.1. The minimum absolute atomic E-state index is 0.0362. The van der Waals surface area contributed by atoms with Crippen LogP contribution in [0.25, 0.3) is 0 Å². The van der Waals surface area contributed by atoms with Crippen LogP contribution in [0.5, 0.6) is 0 Å². The second-order valence-electron chi connectivity index (χ2n) is 9.50. The number of hydrogen-bond donors (Lipinski definition) is 3. The van der Waals surface area contributed by atoms with Gasteiger partial charge in [0, 0.05) is 23.2 Å². The van der Waals surface area contributed by atoms with Gasteiger partial charge in [-0.1, -0.05) is 66.5 Å². The fourth-order valence-electron chi connectivity index (χ4n) is 5.86. The third-order valence-electron chi connectivity index (χ3n) is 7.49. The summed E-state index contributed by atoms with van der Waals surface area (Å²) in [5.41, 5.74) is 0.996. The van der Waals surface area contributed by atoms with Gasteiger partial charge in [0.05, 0.1) is 29.2 Å². The van der Waals surface area contributed by atoms with Gasteiger partial charge in [0.25, 0.3) is 0 Å². The summed E-state index contributed by atoms with van der Waals surface area (Å²) in [4.78, 5) is 42.5. The van der Waals surface area contributed by atoms with Crippen molar-refractivity contribution in [2.24, 2.45) is 11.8 Å². The van der Waals surface area contributed by atoms with Gasteiger partial charge in [-0.05, 0) is 24.8 Å². The number of nitrogens with one attached hydrogen (secondary N) is 2. The van der Waals surface area contributed by atoms with Crippen LogP contribution in [0.4, 0.5) is 0 Å². The number of likely N-dealkylation sites (tertiary alicyclic amines) is 1. The van der Waals surface area contributed by atoms with Gasteiger partial charge in [0.1, 0.15) is 6.04 Å². The summed E-state index contributed by atoms with van der Waals surface area (Å²) in [7, 11) is 0. The Bertz CT molecular complexity index is 915. The second-order valence-corrected chi connectivity index (χ2v) is 12.2. The molecule has 4 rings (SSSR count). The lowest BCUT2D eigenvalue weighted by Crippen LogP contribution is -2.57. The van der Waals surface area contributed by atoms with Gasteiger partial charge in [-0.15, -0.1) is 11.8 Å². The molecule has 1 aromatic rings. The molecule has 1 spiro atoms. The van der Waals surface area contributed by atoms with E-state index in [1.165, 1.54) is 0 Å². The Labute approximate surface area is 213 Å². The lowest BCUT2D eigenvalue weighted by Gasteiger charge is -2.37. The predicted molar refractivity (Wildman–Crippen MR) is 136 cm³/mol. The maximum atomic E-state index is 13.9. The zero-order valence-electron chi connectivity index (χ0n) is 19.7. The van der Waals surface area contributed by atoms with Crippen LogP contribution < -0.4 is 10.6 Å². The lowest BCUT2D eigenvalue weighted by atomic mass is 9.70. The molecular weight excluding hydrogens is 518 g/mol. The molecule has 0 aromatic heterocycles. The number of carbonyl (C=O) groups is 3. The SMILES string of the molecule is CCCCNC(=O)C1N([C@@H](CC)CO)C(=O)[C@@H]2[C@H](C(=O)NCc3ccccc3)[C@H]3SC12CC3Br. The van der Waals surface area contributed by atoms with Crippen LogP contribution in [0.15, 0.2) is 30.3 Å². The Morgan fingerprint density at radius 1 is 1.24 bits per heavy atom. The number of aliphatic hydroxyl groups is 1. The van der Waals surface area contributed by atoms with E-state index in [-0.39, 0.29) is 34.4 Å². The standard InChI is InChI=1S/C25H34BrN3O4S/c1-3-5-11-27-23(32)21-25-12-17(26)20(34-25)18(19(25)24(33)29(21)16(4-2)14-30)22(31)28-13-15-9-7-6-8-10-15/h6-10,16-21,30H,3-5,11-14H2,1-2H3,(H,27,32)(H,28,31)/t16-,17?,18-,19-,20-,21?,25?/m0/s1. The Balaban J connectivity index is 1.64. The molecule has 0 radical (unpaired) electrons. The van der Waals surface area contributed by atoms with E-state index in [2.05, 4.69) is 33.5 Å². The first-order valence-electron chi connectivity index (χ1n) is 12.2. The number of benzene rings is 1. The van der Waals surface area contributed by atoms with Crippen molar-refractivity contribution in [2.45, 2.75) is 73.0 Å². The summed E-state index contributed by atoms with van der Waals surface area (Å²) in [6.45, 7) is 4.71. The van der Waals surface area contributed by atoms with Crippen molar-refractivity contribution < 1.29 is 19.5 Å². The number of rotatable bonds is 10. The van der Waals surface area contributed by atoms with Crippen molar-refractivity contribution in [3.63, 3.8) is 0 Å². The van der Waals surface area contributed by atoms with Crippen LogP contribution in [0.3, 0.4) is 0 Å². The average Bonchev–Trinajstić information content (AvgIpc) is 3.43. The van der Waals surface area contributed by atoms with E-state index in [4.69, 9.17) is 0 Å². The van der Waals surface area contributed by atoms with E-state index in [1.807, 2.05) is 37.3 Å². The van der Waals surface area contributed by atoms with Crippen molar-refractivity contribution in [3.8, 4) is 0 Å². The number of thioether (sulfide) groups is 1. The number of alkyl halides is 1. The fraction of sp³-hybridized carbons (Fsp3) is 0.640. The highest BCUT2D eigenvalue weighted by atomic mass is 79.9. The van der Waals surface area contributed by atoms with Crippen LogP contribution in [-0.4, -0.2) is 67.8 Å². The molecule has 34 heavy (non-hydrogen) atoms.